The van der Waals surface area contributed by atoms with E-state index in [1.165, 1.54) is 0 Å². The summed E-state index contributed by atoms with van der Waals surface area (Å²) >= 11 is 0. The van der Waals surface area contributed by atoms with Crippen LogP contribution in [-0.4, -0.2) is 19.3 Å². The van der Waals surface area contributed by atoms with Crippen molar-refractivity contribution in [1.82, 2.24) is 5.32 Å². The second kappa shape index (κ2) is 5.18. The Morgan fingerprint density at radius 3 is 2.45 bits per heavy atom. The van der Waals surface area contributed by atoms with Crippen LogP contribution >= 0.6 is 0 Å². The van der Waals surface area contributed by atoms with Gasteiger partial charge in [0, 0.05) is 0 Å². The molecule has 0 bridgehead atoms. The van der Waals surface area contributed by atoms with E-state index >= 15 is 0 Å². The van der Waals surface area contributed by atoms with Gasteiger partial charge in [-0.15, -0.1) is 0 Å². The lowest BCUT2D eigenvalue weighted by Crippen LogP contribution is -2.29. The van der Waals surface area contributed by atoms with E-state index in [4.69, 9.17) is 0 Å². The quantitative estimate of drug-likeness (QED) is 0.499. The summed E-state index contributed by atoms with van der Waals surface area (Å²) < 4.78 is 34.5. The number of alkyl halides is 3. The third-order valence-electron chi connectivity index (χ3n) is 1.05. The van der Waals surface area contributed by atoms with Crippen LogP contribution in [0.15, 0.2) is 12.2 Å². The van der Waals surface area contributed by atoms with Gasteiger partial charge in [0.05, 0.1) is 6.54 Å². The van der Waals surface area contributed by atoms with Gasteiger partial charge in [0.15, 0.2) is 0 Å². The molecule has 66 valence electrons. The fourth-order valence-corrected chi connectivity index (χ4v) is 0.582. The molecule has 0 rings (SSSR count). The number of hydrogen-bond donors (Lipinski definition) is 1. The minimum absolute atomic E-state index is 0.379. The lowest BCUT2D eigenvalue weighted by Gasteiger charge is -2.05. The van der Waals surface area contributed by atoms with Crippen molar-refractivity contribution in [2.75, 3.05) is 13.1 Å². The van der Waals surface area contributed by atoms with E-state index < -0.39 is 12.7 Å². The van der Waals surface area contributed by atoms with Crippen molar-refractivity contribution >= 4 is 0 Å². The van der Waals surface area contributed by atoms with E-state index in [1.807, 2.05) is 19.1 Å². The van der Waals surface area contributed by atoms with Crippen LogP contribution in [0.25, 0.3) is 0 Å². The average Bonchev–Trinajstić information content (AvgIpc) is 1.85. The normalized spacial score (nSPS) is 12.7. The van der Waals surface area contributed by atoms with Gasteiger partial charge in [-0.25, -0.2) is 0 Å². The minimum atomic E-state index is -4.09. The zero-order chi connectivity index (χ0) is 8.74. The Labute approximate surface area is 64.3 Å². The minimum Gasteiger partial charge on any atom is -0.308 e. The Morgan fingerprint density at radius 2 is 2.00 bits per heavy atom. The molecule has 0 radical (unpaired) electrons. The standard InChI is InChI=1S/C7H12F3N/c1-2-3-4-5-11-6-7(8,9)10/h2-3,11H,4-6H2,1H3/b3-2+. The summed E-state index contributed by atoms with van der Waals surface area (Å²) in [6, 6.07) is 0. The first-order valence-corrected chi connectivity index (χ1v) is 3.45. The van der Waals surface area contributed by atoms with Crippen LogP contribution in [-0.2, 0) is 0 Å². The van der Waals surface area contributed by atoms with Crippen molar-refractivity contribution in [2.45, 2.75) is 19.5 Å². The first-order chi connectivity index (χ1) is 5.06. The van der Waals surface area contributed by atoms with Gasteiger partial charge in [-0.05, 0) is 19.9 Å². The molecule has 0 heterocycles. The van der Waals surface area contributed by atoms with E-state index in [0.29, 0.717) is 13.0 Å². The lowest BCUT2D eigenvalue weighted by molar-refractivity contribution is -0.124. The molecule has 0 aliphatic heterocycles. The molecule has 0 aliphatic carbocycles. The lowest BCUT2D eigenvalue weighted by atomic mass is 10.4. The predicted octanol–water partition coefficient (Wildman–Crippen LogP) is 2.10. The molecule has 0 aliphatic rings. The maximum Gasteiger partial charge on any atom is 0.401 e. The summed E-state index contributed by atoms with van der Waals surface area (Å²) in [5, 5.41) is 2.28. The first-order valence-electron chi connectivity index (χ1n) is 3.45. The smallest absolute Gasteiger partial charge is 0.308 e. The highest BCUT2D eigenvalue weighted by Gasteiger charge is 2.25. The monoisotopic (exact) mass is 167 g/mol. The maximum atomic E-state index is 11.5. The van der Waals surface area contributed by atoms with E-state index in [2.05, 4.69) is 5.32 Å². The molecule has 4 heteroatoms. The van der Waals surface area contributed by atoms with Gasteiger partial charge in [0.25, 0.3) is 0 Å². The summed E-state index contributed by atoms with van der Waals surface area (Å²) in [5.74, 6) is 0. The van der Waals surface area contributed by atoms with E-state index in [0.717, 1.165) is 0 Å². The number of allylic oxidation sites excluding steroid dienone is 1. The zero-order valence-electron chi connectivity index (χ0n) is 6.41. The number of hydrogen-bond acceptors (Lipinski definition) is 1. The molecule has 0 saturated carbocycles. The molecule has 0 spiro atoms. The second-order valence-corrected chi connectivity index (χ2v) is 2.15. The molecule has 0 aromatic carbocycles. The summed E-state index contributed by atoms with van der Waals surface area (Å²) in [5.41, 5.74) is 0. The molecular weight excluding hydrogens is 155 g/mol. The Balaban J connectivity index is 3.15. The van der Waals surface area contributed by atoms with Crippen molar-refractivity contribution in [1.29, 1.82) is 0 Å². The van der Waals surface area contributed by atoms with Gasteiger partial charge < -0.3 is 5.32 Å². The van der Waals surface area contributed by atoms with Crippen LogP contribution in [0.1, 0.15) is 13.3 Å². The van der Waals surface area contributed by atoms with Gasteiger partial charge in [-0.3, -0.25) is 0 Å². The molecule has 1 nitrogen and oxygen atoms in total. The Kier molecular flexibility index (Phi) is 4.94. The predicted molar refractivity (Wildman–Crippen MR) is 38.4 cm³/mol. The van der Waals surface area contributed by atoms with Gasteiger partial charge in [-0.1, -0.05) is 12.2 Å². The molecule has 0 fully saturated rings. The molecule has 0 aromatic heterocycles. The van der Waals surface area contributed by atoms with Gasteiger partial charge >= 0.3 is 6.18 Å². The van der Waals surface area contributed by atoms with Crippen LogP contribution in [0.5, 0.6) is 0 Å². The average molecular weight is 167 g/mol. The van der Waals surface area contributed by atoms with Crippen LogP contribution in [0.4, 0.5) is 13.2 Å². The van der Waals surface area contributed by atoms with E-state index in [1.54, 1.807) is 0 Å². The van der Waals surface area contributed by atoms with Crippen molar-refractivity contribution in [3.8, 4) is 0 Å². The first kappa shape index (κ1) is 10.5. The van der Waals surface area contributed by atoms with Crippen LogP contribution in [0.3, 0.4) is 0 Å². The number of nitrogens with one attached hydrogen (secondary N) is 1. The highest BCUT2D eigenvalue weighted by atomic mass is 19.4. The van der Waals surface area contributed by atoms with Gasteiger partial charge in [-0.2, -0.15) is 13.2 Å². The summed E-state index contributed by atoms with van der Waals surface area (Å²) in [6.45, 7) is 1.32. The van der Waals surface area contributed by atoms with Crippen molar-refractivity contribution in [3.63, 3.8) is 0 Å². The summed E-state index contributed by atoms with van der Waals surface area (Å²) in [6.07, 6.45) is 0.196. The maximum absolute atomic E-state index is 11.5. The molecule has 0 atom stereocenters. The van der Waals surface area contributed by atoms with E-state index in [9.17, 15) is 13.2 Å². The molecule has 11 heavy (non-hydrogen) atoms. The Morgan fingerprint density at radius 1 is 1.36 bits per heavy atom. The number of rotatable bonds is 4. The third-order valence-corrected chi connectivity index (χ3v) is 1.05. The van der Waals surface area contributed by atoms with Crippen LogP contribution in [0, 0.1) is 0 Å². The van der Waals surface area contributed by atoms with E-state index in [-0.39, 0.29) is 0 Å². The highest BCUT2D eigenvalue weighted by molar-refractivity contribution is 4.77. The van der Waals surface area contributed by atoms with Crippen molar-refractivity contribution in [3.05, 3.63) is 12.2 Å². The molecule has 0 aromatic rings. The fourth-order valence-electron chi connectivity index (χ4n) is 0.582. The largest absolute Gasteiger partial charge is 0.401 e. The molecule has 0 saturated heterocycles. The zero-order valence-corrected chi connectivity index (χ0v) is 6.41. The van der Waals surface area contributed by atoms with Crippen LogP contribution in [0.2, 0.25) is 0 Å². The molecule has 0 unspecified atom stereocenters. The van der Waals surface area contributed by atoms with Gasteiger partial charge in [0.1, 0.15) is 0 Å². The van der Waals surface area contributed by atoms with Crippen LogP contribution < -0.4 is 5.32 Å². The SMILES string of the molecule is C/C=C/CCNCC(F)(F)F. The summed E-state index contributed by atoms with van der Waals surface area (Å²) in [7, 11) is 0. The topological polar surface area (TPSA) is 12.0 Å². The Hall–Kier alpha value is -0.510. The molecule has 0 amide bonds. The number of halogens is 3. The highest BCUT2D eigenvalue weighted by Crippen LogP contribution is 2.11. The summed E-state index contributed by atoms with van der Waals surface area (Å²) in [4.78, 5) is 0. The second-order valence-electron chi connectivity index (χ2n) is 2.15. The Bertz CT molecular complexity index is 117. The van der Waals surface area contributed by atoms with Crippen molar-refractivity contribution < 1.29 is 13.2 Å². The van der Waals surface area contributed by atoms with Gasteiger partial charge in [0.2, 0.25) is 0 Å². The fraction of sp³-hybridized carbons (Fsp3) is 0.714. The third kappa shape index (κ3) is 9.49. The molecule has 1 N–H and O–H groups in total. The molecular formula is C7H12F3N. The van der Waals surface area contributed by atoms with Crippen molar-refractivity contribution in [2.24, 2.45) is 0 Å².